The average Bonchev–Trinajstić information content (AvgIpc) is 2.37. The minimum atomic E-state index is 0.197. The number of hydrogen-bond acceptors (Lipinski definition) is 3. The van der Waals surface area contributed by atoms with E-state index < -0.39 is 0 Å². The quantitative estimate of drug-likeness (QED) is 0.834. The molecule has 1 aromatic heterocycles. The number of rotatable bonds is 5. The number of halogens is 1. The average molecular weight is 277 g/mol. The Kier molecular flexibility index (Phi) is 4.63. The molecule has 0 radical (unpaired) electrons. The highest BCUT2D eigenvalue weighted by molar-refractivity contribution is 6.29. The Morgan fingerprint density at radius 1 is 1.21 bits per heavy atom. The van der Waals surface area contributed by atoms with E-state index in [1.807, 2.05) is 44.2 Å². The fraction of sp³-hybridized carbons (Fsp3) is 0.267. The van der Waals surface area contributed by atoms with E-state index in [9.17, 15) is 0 Å². The molecular formula is C15H17ClN2O. The van der Waals surface area contributed by atoms with Gasteiger partial charge in [0.25, 0.3) is 0 Å². The largest absolute Gasteiger partial charge is 0.491 e. The molecular weight excluding hydrogens is 260 g/mol. The Hall–Kier alpha value is -1.74. The van der Waals surface area contributed by atoms with Crippen molar-refractivity contribution in [2.75, 3.05) is 5.32 Å². The molecule has 2 rings (SSSR count). The van der Waals surface area contributed by atoms with E-state index >= 15 is 0 Å². The minimum absolute atomic E-state index is 0.197. The Morgan fingerprint density at radius 3 is 2.58 bits per heavy atom. The van der Waals surface area contributed by atoms with E-state index in [-0.39, 0.29) is 6.10 Å². The van der Waals surface area contributed by atoms with Crippen LogP contribution in [0.5, 0.6) is 5.75 Å². The topological polar surface area (TPSA) is 34.1 Å². The zero-order valence-electron chi connectivity index (χ0n) is 11.1. The molecule has 0 spiro atoms. The van der Waals surface area contributed by atoms with Crippen molar-refractivity contribution in [3.63, 3.8) is 0 Å². The SMILES string of the molecule is CC(C)Oc1ccc(CNc2ccnc(Cl)c2)cc1. The van der Waals surface area contributed by atoms with Crippen molar-refractivity contribution in [3.05, 3.63) is 53.3 Å². The molecule has 100 valence electrons. The van der Waals surface area contributed by atoms with Gasteiger partial charge in [-0.1, -0.05) is 23.7 Å². The van der Waals surface area contributed by atoms with E-state index in [0.29, 0.717) is 5.15 Å². The maximum Gasteiger partial charge on any atom is 0.131 e. The normalized spacial score (nSPS) is 10.5. The molecule has 19 heavy (non-hydrogen) atoms. The number of aromatic nitrogens is 1. The highest BCUT2D eigenvalue weighted by atomic mass is 35.5. The van der Waals surface area contributed by atoms with Gasteiger partial charge in [-0.05, 0) is 43.7 Å². The molecule has 1 heterocycles. The molecule has 1 N–H and O–H groups in total. The third-order valence-corrected chi connectivity index (χ3v) is 2.73. The predicted octanol–water partition coefficient (Wildman–Crippen LogP) is 4.13. The molecule has 1 aromatic carbocycles. The van der Waals surface area contributed by atoms with Crippen LogP contribution in [0.1, 0.15) is 19.4 Å². The number of ether oxygens (including phenoxy) is 1. The smallest absolute Gasteiger partial charge is 0.131 e. The van der Waals surface area contributed by atoms with E-state index in [2.05, 4.69) is 10.3 Å². The van der Waals surface area contributed by atoms with Crippen LogP contribution in [0.3, 0.4) is 0 Å². The highest BCUT2D eigenvalue weighted by Crippen LogP contribution is 2.16. The van der Waals surface area contributed by atoms with Crippen molar-refractivity contribution in [2.24, 2.45) is 0 Å². The van der Waals surface area contributed by atoms with Crippen molar-refractivity contribution >= 4 is 17.3 Å². The van der Waals surface area contributed by atoms with Crippen molar-refractivity contribution < 1.29 is 4.74 Å². The lowest BCUT2D eigenvalue weighted by atomic mass is 10.2. The highest BCUT2D eigenvalue weighted by Gasteiger charge is 1.99. The Morgan fingerprint density at radius 2 is 1.95 bits per heavy atom. The summed E-state index contributed by atoms with van der Waals surface area (Å²) in [5.41, 5.74) is 2.14. The minimum Gasteiger partial charge on any atom is -0.491 e. The van der Waals surface area contributed by atoms with Gasteiger partial charge >= 0.3 is 0 Å². The number of benzene rings is 1. The number of pyridine rings is 1. The van der Waals surface area contributed by atoms with Crippen LogP contribution in [-0.2, 0) is 6.54 Å². The van der Waals surface area contributed by atoms with Crippen LogP contribution in [0.25, 0.3) is 0 Å². The van der Waals surface area contributed by atoms with Crippen LogP contribution in [0, 0.1) is 0 Å². The predicted molar refractivity (Wildman–Crippen MR) is 78.8 cm³/mol. The van der Waals surface area contributed by atoms with Gasteiger partial charge in [0.1, 0.15) is 10.9 Å². The molecule has 0 aliphatic carbocycles. The molecule has 0 bridgehead atoms. The molecule has 0 amide bonds. The lowest BCUT2D eigenvalue weighted by Crippen LogP contribution is -2.05. The van der Waals surface area contributed by atoms with E-state index in [1.165, 1.54) is 5.56 Å². The summed E-state index contributed by atoms with van der Waals surface area (Å²) in [6, 6.07) is 11.8. The number of anilines is 1. The summed E-state index contributed by atoms with van der Waals surface area (Å²) in [5.74, 6) is 0.894. The fourth-order valence-electron chi connectivity index (χ4n) is 1.67. The van der Waals surface area contributed by atoms with Crippen LogP contribution in [0.4, 0.5) is 5.69 Å². The molecule has 0 saturated heterocycles. The summed E-state index contributed by atoms with van der Waals surface area (Å²) in [6.07, 6.45) is 1.88. The van der Waals surface area contributed by atoms with Crippen LogP contribution in [0.2, 0.25) is 5.15 Å². The molecule has 3 nitrogen and oxygen atoms in total. The number of hydrogen-bond donors (Lipinski definition) is 1. The summed E-state index contributed by atoms with van der Waals surface area (Å²) >= 11 is 5.83. The van der Waals surface area contributed by atoms with Gasteiger partial charge in [0.05, 0.1) is 6.10 Å². The standard InChI is InChI=1S/C15H17ClN2O/c1-11(2)19-14-5-3-12(4-6-14)10-18-13-7-8-17-15(16)9-13/h3-9,11H,10H2,1-2H3,(H,17,18). The second kappa shape index (κ2) is 6.43. The molecule has 0 saturated carbocycles. The molecule has 0 fully saturated rings. The van der Waals surface area contributed by atoms with Gasteiger partial charge in [-0.2, -0.15) is 0 Å². The van der Waals surface area contributed by atoms with E-state index in [4.69, 9.17) is 16.3 Å². The lowest BCUT2D eigenvalue weighted by molar-refractivity contribution is 0.242. The van der Waals surface area contributed by atoms with Gasteiger partial charge in [-0.25, -0.2) is 4.98 Å². The van der Waals surface area contributed by atoms with Crippen molar-refractivity contribution in [2.45, 2.75) is 26.5 Å². The van der Waals surface area contributed by atoms with Gasteiger partial charge in [-0.15, -0.1) is 0 Å². The van der Waals surface area contributed by atoms with E-state index in [0.717, 1.165) is 18.0 Å². The van der Waals surface area contributed by atoms with Crippen molar-refractivity contribution in [1.29, 1.82) is 0 Å². The molecule has 4 heteroatoms. The fourth-order valence-corrected chi connectivity index (χ4v) is 1.85. The Labute approximate surface area is 118 Å². The summed E-state index contributed by atoms with van der Waals surface area (Å²) in [5, 5.41) is 3.79. The molecule has 0 aliphatic heterocycles. The second-order valence-corrected chi connectivity index (χ2v) is 4.92. The Balaban J connectivity index is 1.93. The van der Waals surface area contributed by atoms with E-state index in [1.54, 1.807) is 12.3 Å². The zero-order chi connectivity index (χ0) is 13.7. The molecule has 0 atom stereocenters. The third kappa shape index (κ3) is 4.45. The van der Waals surface area contributed by atoms with Crippen LogP contribution >= 0.6 is 11.6 Å². The molecule has 2 aromatic rings. The Bertz CT molecular complexity index is 526. The molecule has 0 unspecified atom stereocenters. The van der Waals surface area contributed by atoms with Gasteiger partial charge in [0.2, 0.25) is 0 Å². The van der Waals surface area contributed by atoms with Crippen LogP contribution in [-0.4, -0.2) is 11.1 Å². The third-order valence-electron chi connectivity index (χ3n) is 2.52. The number of nitrogens with one attached hydrogen (secondary N) is 1. The zero-order valence-corrected chi connectivity index (χ0v) is 11.8. The van der Waals surface area contributed by atoms with Crippen LogP contribution < -0.4 is 10.1 Å². The van der Waals surface area contributed by atoms with Gasteiger partial charge in [0, 0.05) is 18.4 Å². The van der Waals surface area contributed by atoms with Gasteiger partial charge < -0.3 is 10.1 Å². The van der Waals surface area contributed by atoms with Crippen molar-refractivity contribution in [1.82, 2.24) is 4.98 Å². The first-order valence-electron chi connectivity index (χ1n) is 6.24. The maximum atomic E-state index is 5.83. The lowest BCUT2D eigenvalue weighted by Gasteiger charge is -2.11. The van der Waals surface area contributed by atoms with Crippen molar-refractivity contribution in [3.8, 4) is 5.75 Å². The summed E-state index contributed by atoms with van der Waals surface area (Å²) in [4.78, 5) is 3.94. The second-order valence-electron chi connectivity index (χ2n) is 4.53. The summed E-state index contributed by atoms with van der Waals surface area (Å²) < 4.78 is 5.60. The van der Waals surface area contributed by atoms with Gasteiger partial charge in [-0.3, -0.25) is 0 Å². The molecule has 0 aliphatic rings. The number of nitrogens with zero attached hydrogens (tertiary/aromatic N) is 1. The first-order chi connectivity index (χ1) is 9.13. The summed E-state index contributed by atoms with van der Waals surface area (Å²) in [7, 11) is 0. The summed E-state index contributed by atoms with van der Waals surface area (Å²) in [6.45, 7) is 4.77. The maximum absolute atomic E-state index is 5.83. The van der Waals surface area contributed by atoms with Gasteiger partial charge in [0.15, 0.2) is 0 Å². The van der Waals surface area contributed by atoms with Crippen LogP contribution in [0.15, 0.2) is 42.6 Å². The first-order valence-corrected chi connectivity index (χ1v) is 6.62. The first kappa shape index (κ1) is 13.7. The monoisotopic (exact) mass is 276 g/mol.